The van der Waals surface area contributed by atoms with Crippen molar-refractivity contribution in [3.8, 4) is 22.3 Å². The first kappa shape index (κ1) is 20.5. The molecule has 0 aliphatic heterocycles. The summed E-state index contributed by atoms with van der Waals surface area (Å²) in [7, 11) is -2.28. The average molecular weight is 410 g/mol. The van der Waals surface area contributed by atoms with Gasteiger partial charge in [-0.15, -0.1) is 0 Å². The van der Waals surface area contributed by atoms with Crippen molar-refractivity contribution >= 4 is 21.8 Å². The fraction of sp³-hybridized carbons (Fsp3) is 0.143. The van der Waals surface area contributed by atoms with Crippen molar-refractivity contribution in [3.63, 3.8) is 0 Å². The van der Waals surface area contributed by atoms with E-state index in [1.807, 2.05) is 36.4 Å². The molecule has 0 unspecified atom stereocenters. The third-order valence-electron chi connectivity index (χ3n) is 4.44. The summed E-state index contributed by atoms with van der Waals surface area (Å²) in [6, 6.07) is 16.9. The topological polar surface area (TPSA) is 114 Å². The van der Waals surface area contributed by atoms with Gasteiger partial charge in [-0.1, -0.05) is 36.4 Å². The summed E-state index contributed by atoms with van der Waals surface area (Å²) in [6.07, 6.45) is 4.18. The number of pyridine rings is 1. The number of amides is 1. The molecule has 0 aliphatic carbocycles. The number of carbonyl (C=O) groups is 1. The first-order chi connectivity index (χ1) is 13.9. The molecule has 29 heavy (non-hydrogen) atoms. The van der Waals surface area contributed by atoms with Crippen molar-refractivity contribution in [1.29, 1.82) is 0 Å². The summed E-state index contributed by atoms with van der Waals surface area (Å²) in [5.41, 5.74) is 10.4. The van der Waals surface area contributed by atoms with E-state index in [0.29, 0.717) is 12.1 Å². The van der Waals surface area contributed by atoms with Gasteiger partial charge < -0.3 is 5.73 Å². The van der Waals surface area contributed by atoms with Crippen LogP contribution in [0.25, 0.3) is 22.3 Å². The van der Waals surface area contributed by atoms with Gasteiger partial charge >= 0.3 is 0 Å². The quantitative estimate of drug-likeness (QED) is 0.530. The zero-order valence-corrected chi connectivity index (χ0v) is 16.7. The molecule has 7 nitrogen and oxygen atoms in total. The second-order valence-corrected chi connectivity index (χ2v) is 8.09. The predicted molar refractivity (Wildman–Crippen MR) is 114 cm³/mol. The van der Waals surface area contributed by atoms with Crippen LogP contribution < -0.4 is 15.2 Å². The summed E-state index contributed by atoms with van der Waals surface area (Å²) in [6.45, 7) is 0. The maximum absolute atomic E-state index is 11.8. The van der Waals surface area contributed by atoms with Gasteiger partial charge in [0.1, 0.15) is 0 Å². The fourth-order valence-corrected chi connectivity index (χ4v) is 3.55. The Labute approximate surface area is 170 Å². The monoisotopic (exact) mass is 410 g/mol. The number of anilines is 1. The normalized spacial score (nSPS) is 11.2. The Balaban J connectivity index is 2.02. The number of nitrogens with two attached hydrogens (primary N) is 1. The Morgan fingerprint density at radius 1 is 1.03 bits per heavy atom. The molecular formula is C21H22N4O3S. The van der Waals surface area contributed by atoms with Crippen LogP contribution >= 0.6 is 0 Å². The first-order valence-electron chi connectivity index (χ1n) is 9.01. The number of benzene rings is 2. The van der Waals surface area contributed by atoms with Crippen LogP contribution in [-0.2, 0) is 21.4 Å². The van der Waals surface area contributed by atoms with Crippen LogP contribution in [-0.4, -0.2) is 26.4 Å². The smallest absolute Gasteiger partial charge is 0.298 e. The fourth-order valence-electron chi connectivity index (χ4n) is 3.01. The highest BCUT2D eigenvalue weighted by atomic mass is 32.2. The van der Waals surface area contributed by atoms with Crippen LogP contribution in [0.2, 0.25) is 0 Å². The largest absolute Gasteiger partial charge is 0.370 e. The summed E-state index contributed by atoms with van der Waals surface area (Å²) in [5, 5.41) is 0. The summed E-state index contributed by atoms with van der Waals surface area (Å²) in [4.78, 5) is 15.5. The molecule has 150 valence electrons. The highest BCUT2D eigenvalue weighted by Gasteiger charge is 2.12. The molecule has 1 amide bonds. The minimum Gasteiger partial charge on any atom is -0.370 e. The zero-order valence-electron chi connectivity index (χ0n) is 15.9. The Bertz CT molecular complexity index is 1120. The third kappa shape index (κ3) is 5.40. The number of carbonyl (C=O) groups excluding carboxylic acids is 1. The van der Waals surface area contributed by atoms with Gasteiger partial charge in [-0.3, -0.25) is 14.5 Å². The highest BCUT2D eigenvalue weighted by molar-refractivity contribution is 7.90. The minimum atomic E-state index is -3.61. The van der Waals surface area contributed by atoms with Gasteiger partial charge in [-0.05, 0) is 52.4 Å². The Hall–Kier alpha value is -3.23. The first-order valence-corrected chi connectivity index (χ1v) is 10.5. The van der Waals surface area contributed by atoms with E-state index in [0.717, 1.165) is 27.8 Å². The Morgan fingerprint density at radius 3 is 2.52 bits per heavy atom. The zero-order chi connectivity index (χ0) is 20.9. The Kier molecular flexibility index (Phi) is 6.26. The molecule has 1 aromatic heterocycles. The van der Waals surface area contributed by atoms with Gasteiger partial charge in [-0.2, -0.15) is 8.42 Å². The van der Waals surface area contributed by atoms with E-state index in [1.54, 1.807) is 30.6 Å². The van der Waals surface area contributed by atoms with Gasteiger partial charge in [0, 0.05) is 25.9 Å². The second kappa shape index (κ2) is 8.85. The van der Waals surface area contributed by atoms with E-state index < -0.39 is 10.2 Å². The second-order valence-electron chi connectivity index (χ2n) is 6.47. The van der Waals surface area contributed by atoms with Crippen molar-refractivity contribution in [3.05, 3.63) is 72.6 Å². The molecule has 0 aliphatic rings. The van der Waals surface area contributed by atoms with E-state index in [-0.39, 0.29) is 12.3 Å². The molecule has 0 bridgehead atoms. The number of hydrogen-bond acceptors (Lipinski definition) is 4. The molecule has 1 heterocycles. The summed E-state index contributed by atoms with van der Waals surface area (Å²) in [5.74, 6) is -0.377. The molecule has 0 atom stereocenters. The summed E-state index contributed by atoms with van der Waals surface area (Å²) < 4.78 is 28.3. The number of aryl methyl sites for hydroxylation is 1. The average Bonchev–Trinajstić information content (AvgIpc) is 2.72. The maximum atomic E-state index is 11.8. The lowest BCUT2D eigenvalue weighted by Crippen LogP contribution is -2.26. The predicted octanol–water partition coefficient (Wildman–Crippen LogP) is 2.71. The van der Waals surface area contributed by atoms with Crippen molar-refractivity contribution < 1.29 is 13.2 Å². The third-order valence-corrected chi connectivity index (χ3v) is 5.48. The van der Waals surface area contributed by atoms with Crippen LogP contribution in [0, 0.1) is 0 Å². The van der Waals surface area contributed by atoms with Crippen molar-refractivity contribution in [1.82, 2.24) is 9.71 Å². The number of primary amides is 1. The molecule has 4 N–H and O–H groups in total. The molecule has 0 saturated heterocycles. The van der Waals surface area contributed by atoms with Gasteiger partial charge in [0.15, 0.2) is 0 Å². The van der Waals surface area contributed by atoms with E-state index in [2.05, 4.69) is 14.4 Å². The van der Waals surface area contributed by atoms with Gasteiger partial charge in [0.25, 0.3) is 10.2 Å². The van der Waals surface area contributed by atoms with Crippen LogP contribution in [0.1, 0.15) is 12.0 Å². The lowest BCUT2D eigenvalue weighted by molar-refractivity contribution is -0.117. The van der Waals surface area contributed by atoms with Crippen LogP contribution in [0.5, 0.6) is 0 Å². The molecule has 3 rings (SSSR count). The number of hydrogen-bond donors (Lipinski definition) is 3. The maximum Gasteiger partial charge on any atom is 0.298 e. The molecule has 0 spiro atoms. The number of nitrogens with one attached hydrogen (secondary N) is 2. The lowest BCUT2D eigenvalue weighted by Gasteiger charge is -2.14. The SMILES string of the molecule is CNS(=O)(=O)Nc1cccc(-c2ccc(-c3cccnc3)cc2CCC(N)=O)c1. The van der Waals surface area contributed by atoms with Gasteiger partial charge in [0.05, 0.1) is 5.69 Å². The van der Waals surface area contributed by atoms with Gasteiger partial charge in [0.2, 0.25) is 5.91 Å². The molecule has 0 fully saturated rings. The van der Waals surface area contributed by atoms with E-state index in [4.69, 9.17) is 5.73 Å². The molecule has 8 heteroatoms. The summed E-state index contributed by atoms with van der Waals surface area (Å²) >= 11 is 0. The van der Waals surface area contributed by atoms with Gasteiger partial charge in [-0.25, -0.2) is 4.72 Å². The molecule has 0 radical (unpaired) electrons. The van der Waals surface area contributed by atoms with E-state index in [9.17, 15) is 13.2 Å². The Morgan fingerprint density at radius 2 is 1.83 bits per heavy atom. The number of rotatable bonds is 8. The lowest BCUT2D eigenvalue weighted by atomic mass is 9.93. The van der Waals surface area contributed by atoms with Crippen molar-refractivity contribution in [2.45, 2.75) is 12.8 Å². The standard InChI is InChI=1S/C21H22N4O3S/c1-23-29(27,28)25-19-6-2-4-16(13-19)20-9-7-15(18-5-3-11-24-14-18)12-17(20)8-10-21(22)26/h2-7,9,11-14,23,25H,8,10H2,1H3,(H2,22,26). The highest BCUT2D eigenvalue weighted by Crippen LogP contribution is 2.31. The minimum absolute atomic E-state index is 0.218. The number of nitrogens with zero attached hydrogens (tertiary/aromatic N) is 1. The number of aromatic nitrogens is 1. The van der Waals surface area contributed by atoms with Crippen LogP contribution in [0.3, 0.4) is 0 Å². The molecule has 3 aromatic rings. The molecular weight excluding hydrogens is 388 g/mol. The molecule has 2 aromatic carbocycles. The van der Waals surface area contributed by atoms with Crippen molar-refractivity contribution in [2.75, 3.05) is 11.8 Å². The van der Waals surface area contributed by atoms with E-state index in [1.165, 1.54) is 7.05 Å². The molecule has 0 saturated carbocycles. The van der Waals surface area contributed by atoms with Crippen molar-refractivity contribution in [2.24, 2.45) is 5.73 Å². The van der Waals surface area contributed by atoms with Crippen LogP contribution in [0.4, 0.5) is 5.69 Å². The van der Waals surface area contributed by atoms with Crippen LogP contribution in [0.15, 0.2) is 67.0 Å². The van der Waals surface area contributed by atoms with E-state index >= 15 is 0 Å².